The minimum absolute atomic E-state index is 0.155. The van der Waals surface area contributed by atoms with Gasteiger partial charge in [0.1, 0.15) is 0 Å². The fraction of sp³-hybridized carbons (Fsp3) is 0.400. The lowest BCUT2D eigenvalue weighted by molar-refractivity contribution is -0.138. The van der Waals surface area contributed by atoms with E-state index >= 15 is 0 Å². The summed E-state index contributed by atoms with van der Waals surface area (Å²) in [4.78, 5) is 22.1. The van der Waals surface area contributed by atoms with Gasteiger partial charge in [-0.2, -0.15) is 0 Å². The Morgan fingerprint density at radius 2 is 1.93 bits per heavy atom. The average Bonchev–Trinajstić information content (AvgIpc) is 2.17. The van der Waals surface area contributed by atoms with E-state index in [0.29, 0.717) is 0 Å². The number of hydrogen-bond acceptors (Lipinski definition) is 5. The Bertz CT molecular complexity index is 301. The summed E-state index contributed by atoms with van der Waals surface area (Å²) in [5, 5.41) is 0. The van der Waals surface area contributed by atoms with E-state index in [1.165, 1.54) is 13.2 Å². The van der Waals surface area contributed by atoms with E-state index < -0.39 is 11.9 Å². The van der Waals surface area contributed by atoms with Gasteiger partial charge in [-0.3, -0.25) is 0 Å². The molecule has 0 aromatic heterocycles. The highest BCUT2D eigenvalue weighted by Crippen LogP contribution is 2.04. The normalized spacial score (nSPS) is 12.2. The second-order valence-corrected chi connectivity index (χ2v) is 2.67. The number of methoxy groups -OCH3 is 1. The number of carbonyl (C=O) groups is 2. The number of allylic oxidation sites excluding steroid dienone is 1. The van der Waals surface area contributed by atoms with Crippen LogP contribution in [-0.2, 0) is 19.1 Å². The van der Waals surface area contributed by atoms with Crippen LogP contribution in [0.2, 0.25) is 0 Å². The van der Waals surface area contributed by atoms with Gasteiger partial charge in [-0.1, -0.05) is 0 Å². The Labute approximate surface area is 88.5 Å². The zero-order valence-corrected chi connectivity index (χ0v) is 9.07. The number of rotatable bonds is 4. The molecule has 0 heterocycles. The predicted molar refractivity (Wildman–Crippen MR) is 54.7 cm³/mol. The fourth-order valence-corrected chi connectivity index (χ4v) is 0.789. The van der Waals surface area contributed by atoms with Crippen LogP contribution in [0.1, 0.15) is 13.8 Å². The Kier molecular flexibility index (Phi) is 5.85. The van der Waals surface area contributed by atoms with Crippen molar-refractivity contribution in [2.24, 2.45) is 5.73 Å². The highest BCUT2D eigenvalue weighted by molar-refractivity contribution is 5.94. The quantitative estimate of drug-likeness (QED) is 0.418. The molecule has 0 aromatic carbocycles. The molecule has 5 nitrogen and oxygen atoms in total. The Balaban J connectivity index is 4.72. The molecule has 0 atom stereocenters. The van der Waals surface area contributed by atoms with Crippen LogP contribution in [-0.4, -0.2) is 25.7 Å². The van der Waals surface area contributed by atoms with E-state index in [1.54, 1.807) is 13.8 Å². The van der Waals surface area contributed by atoms with Gasteiger partial charge in [-0.05, 0) is 19.9 Å². The van der Waals surface area contributed by atoms with Crippen LogP contribution in [0.15, 0.2) is 23.4 Å². The van der Waals surface area contributed by atoms with Crippen LogP contribution in [0, 0.1) is 0 Å². The Hall–Kier alpha value is -1.78. The first-order valence-electron chi connectivity index (χ1n) is 4.42. The van der Waals surface area contributed by atoms with E-state index in [2.05, 4.69) is 4.74 Å². The third kappa shape index (κ3) is 4.85. The van der Waals surface area contributed by atoms with Crippen LogP contribution in [0.4, 0.5) is 0 Å². The molecule has 0 spiro atoms. The number of nitrogens with two attached hydrogens (primary N) is 1. The van der Waals surface area contributed by atoms with Crippen molar-refractivity contribution in [3.05, 3.63) is 23.4 Å². The van der Waals surface area contributed by atoms with Gasteiger partial charge in [-0.15, -0.1) is 0 Å². The standard InChI is InChI=1S/C10H15NO4/c1-4-15-10(13)8(7(2)11)5-6-9(12)14-3/h5-6H,4,11H2,1-3H3/b6-5+,8-7?. The van der Waals surface area contributed by atoms with E-state index in [-0.39, 0.29) is 17.9 Å². The highest BCUT2D eigenvalue weighted by atomic mass is 16.5. The van der Waals surface area contributed by atoms with E-state index in [1.807, 2.05) is 0 Å². The van der Waals surface area contributed by atoms with Crippen molar-refractivity contribution in [1.82, 2.24) is 0 Å². The van der Waals surface area contributed by atoms with Gasteiger partial charge in [-0.25, -0.2) is 9.59 Å². The summed E-state index contributed by atoms with van der Waals surface area (Å²) in [5.74, 6) is -1.12. The van der Waals surface area contributed by atoms with E-state index in [4.69, 9.17) is 10.5 Å². The topological polar surface area (TPSA) is 78.6 Å². The van der Waals surface area contributed by atoms with Crippen LogP contribution in [0.25, 0.3) is 0 Å². The van der Waals surface area contributed by atoms with Crippen molar-refractivity contribution in [3.8, 4) is 0 Å². The monoisotopic (exact) mass is 213 g/mol. The van der Waals surface area contributed by atoms with Gasteiger partial charge in [0.05, 0.1) is 19.3 Å². The second kappa shape index (κ2) is 6.64. The van der Waals surface area contributed by atoms with Gasteiger partial charge in [0.2, 0.25) is 0 Å². The molecular weight excluding hydrogens is 198 g/mol. The Morgan fingerprint density at radius 1 is 1.33 bits per heavy atom. The van der Waals surface area contributed by atoms with Crippen molar-refractivity contribution in [1.29, 1.82) is 0 Å². The first-order valence-corrected chi connectivity index (χ1v) is 4.42. The molecule has 0 bridgehead atoms. The minimum atomic E-state index is -0.558. The molecule has 0 aliphatic carbocycles. The lowest BCUT2D eigenvalue weighted by Gasteiger charge is -2.03. The van der Waals surface area contributed by atoms with Crippen LogP contribution in [0.3, 0.4) is 0 Å². The summed E-state index contributed by atoms with van der Waals surface area (Å²) in [6.45, 7) is 3.49. The molecule has 5 heteroatoms. The van der Waals surface area contributed by atoms with E-state index in [9.17, 15) is 9.59 Å². The molecule has 0 radical (unpaired) electrons. The lowest BCUT2D eigenvalue weighted by atomic mass is 10.2. The molecule has 0 aromatic rings. The van der Waals surface area contributed by atoms with Crippen molar-refractivity contribution in [3.63, 3.8) is 0 Å². The molecule has 0 aliphatic heterocycles. The second-order valence-electron chi connectivity index (χ2n) is 2.67. The first kappa shape index (κ1) is 13.2. The van der Waals surface area contributed by atoms with Crippen molar-refractivity contribution < 1.29 is 19.1 Å². The fourth-order valence-electron chi connectivity index (χ4n) is 0.789. The molecule has 0 saturated carbocycles. The van der Waals surface area contributed by atoms with Gasteiger partial charge < -0.3 is 15.2 Å². The molecule has 0 saturated heterocycles. The molecule has 0 unspecified atom stereocenters. The number of carbonyl (C=O) groups excluding carboxylic acids is 2. The smallest absolute Gasteiger partial charge is 0.339 e. The predicted octanol–water partition coefficient (Wildman–Crippen LogP) is 0.511. The van der Waals surface area contributed by atoms with Gasteiger partial charge >= 0.3 is 11.9 Å². The van der Waals surface area contributed by atoms with E-state index in [0.717, 1.165) is 6.08 Å². The van der Waals surface area contributed by atoms with Crippen LogP contribution >= 0.6 is 0 Å². The molecule has 84 valence electrons. The third-order valence-corrected chi connectivity index (χ3v) is 1.51. The maximum atomic E-state index is 11.3. The number of hydrogen-bond donors (Lipinski definition) is 1. The summed E-state index contributed by atoms with van der Waals surface area (Å²) in [6.07, 6.45) is 2.39. The van der Waals surface area contributed by atoms with Gasteiger partial charge in [0.15, 0.2) is 0 Å². The third-order valence-electron chi connectivity index (χ3n) is 1.51. The highest BCUT2D eigenvalue weighted by Gasteiger charge is 2.09. The Morgan fingerprint density at radius 3 is 2.33 bits per heavy atom. The molecule has 0 amide bonds. The zero-order valence-electron chi connectivity index (χ0n) is 9.07. The molecule has 15 heavy (non-hydrogen) atoms. The van der Waals surface area contributed by atoms with Crippen molar-refractivity contribution in [2.45, 2.75) is 13.8 Å². The van der Waals surface area contributed by atoms with Gasteiger partial charge in [0, 0.05) is 11.8 Å². The van der Waals surface area contributed by atoms with Crippen molar-refractivity contribution in [2.75, 3.05) is 13.7 Å². The SMILES string of the molecule is CCOC(=O)C(/C=C/C(=O)OC)=C(C)N. The lowest BCUT2D eigenvalue weighted by Crippen LogP contribution is -2.11. The first-order chi connectivity index (χ1) is 7.02. The summed E-state index contributed by atoms with van der Waals surface area (Å²) in [6, 6.07) is 0. The largest absolute Gasteiger partial charge is 0.466 e. The summed E-state index contributed by atoms with van der Waals surface area (Å²) < 4.78 is 9.13. The summed E-state index contributed by atoms with van der Waals surface area (Å²) >= 11 is 0. The van der Waals surface area contributed by atoms with Gasteiger partial charge in [0.25, 0.3) is 0 Å². The summed E-state index contributed by atoms with van der Waals surface area (Å²) in [7, 11) is 1.25. The van der Waals surface area contributed by atoms with Crippen molar-refractivity contribution >= 4 is 11.9 Å². The molecule has 2 N–H and O–H groups in total. The molecular formula is C10H15NO4. The molecule has 0 rings (SSSR count). The minimum Gasteiger partial charge on any atom is -0.466 e. The molecule has 0 fully saturated rings. The maximum absolute atomic E-state index is 11.3. The number of ether oxygens (including phenoxy) is 2. The number of esters is 2. The maximum Gasteiger partial charge on any atom is 0.339 e. The zero-order chi connectivity index (χ0) is 11.8. The average molecular weight is 213 g/mol. The summed E-state index contributed by atoms with van der Waals surface area (Å²) in [5.41, 5.74) is 5.91. The van der Waals surface area contributed by atoms with Crippen LogP contribution < -0.4 is 5.73 Å². The molecule has 0 aliphatic rings. The van der Waals surface area contributed by atoms with Crippen LogP contribution in [0.5, 0.6) is 0 Å².